The largest absolute Gasteiger partial charge is 0.383 e. The summed E-state index contributed by atoms with van der Waals surface area (Å²) in [5.74, 6) is 0.0633. The number of nitro groups is 1. The van der Waals surface area contributed by atoms with Crippen molar-refractivity contribution in [3.05, 3.63) is 74.3 Å². The van der Waals surface area contributed by atoms with Crippen LogP contribution in [0.5, 0.6) is 0 Å². The quantitative estimate of drug-likeness (QED) is 0.452. The maximum Gasteiger partial charge on any atom is 0.334 e. The Kier molecular flexibility index (Phi) is 5.05. The first-order chi connectivity index (χ1) is 15.5. The average Bonchev–Trinajstić information content (AvgIpc) is 3.20. The molecular formula is C23H24N4O5. The van der Waals surface area contributed by atoms with Crippen molar-refractivity contribution in [2.45, 2.75) is 25.4 Å². The number of fused-ring (bicyclic) bond motifs is 5. The molecule has 1 aromatic carbocycles. The van der Waals surface area contributed by atoms with Gasteiger partial charge in [-0.3, -0.25) is 19.7 Å². The molecule has 4 heterocycles. The number of carbonyl (C=O) groups excluding carboxylic acids is 1. The number of amides is 1. The third-order valence-electron chi connectivity index (χ3n) is 6.65. The summed E-state index contributed by atoms with van der Waals surface area (Å²) in [5.41, 5.74) is 1.49. The molecule has 2 aliphatic rings. The standard InChI is InChI=1S/C23H24N4O5/c1-32-10-9-24-8-7-17-18(3-2-4-20(17)24)22(28)25-12-15-11-16(14-25)19-5-6-21(27(30)31)23(29)26(19)13-15/h2-8,15-16H,9-14H2,1H3/t15-,16?/m1/s1. The number of rotatable bonds is 5. The van der Waals surface area contributed by atoms with Crippen LogP contribution in [-0.4, -0.2) is 51.7 Å². The van der Waals surface area contributed by atoms with Gasteiger partial charge >= 0.3 is 11.2 Å². The molecule has 5 rings (SSSR count). The van der Waals surface area contributed by atoms with Crippen LogP contribution in [0.4, 0.5) is 5.69 Å². The van der Waals surface area contributed by atoms with Crippen molar-refractivity contribution >= 4 is 22.5 Å². The zero-order chi connectivity index (χ0) is 22.4. The number of methoxy groups -OCH3 is 1. The van der Waals surface area contributed by atoms with Crippen molar-refractivity contribution in [3.63, 3.8) is 0 Å². The predicted octanol–water partition coefficient (Wildman–Crippen LogP) is 2.62. The molecule has 0 spiro atoms. The van der Waals surface area contributed by atoms with Gasteiger partial charge in [-0.2, -0.15) is 0 Å². The molecule has 1 fully saturated rings. The summed E-state index contributed by atoms with van der Waals surface area (Å²) in [6.45, 7) is 2.73. The SMILES string of the molecule is COCCn1ccc2c(C(=O)N3CC4C[C@H](C3)Cn3c4ccc([N+](=O)[O-])c3=O)cccc21. The molecule has 0 radical (unpaired) electrons. The van der Waals surface area contributed by atoms with Gasteiger partial charge in [0.25, 0.3) is 5.91 Å². The topological polar surface area (TPSA) is 99.6 Å². The first-order valence-corrected chi connectivity index (χ1v) is 10.7. The number of aromatic nitrogens is 2. The van der Waals surface area contributed by atoms with Crippen LogP contribution >= 0.6 is 0 Å². The number of pyridine rings is 1. The van der Waals surface area contributed by atoms with Crippen LogP contribution in [0, 0.1) is 16.0 Å². The number of ether oxygens (including phenoxy) is 1. The Hall–Kier alpha value is -3.46. The second-order valence-corrected chi connectivity index (χ2v) is 8.57. The lowest BCUT2D eigenvalue weighted by atomic mass is 9.83. The lowest BCUT2D eigenvalue weighted by molar-refractivity contribution is -0.386. The van der Waals surface area contributed by atoms with E-state index in [0.717, 1.165) is 23.0 Å². The summed E-state index contributed by atoms with van der Waals surface area (Å²) in [4.78, 5) is 38.5. The molecule has 2 atom stereocenters. The van der Waals surface area contributed by atoms with Crippen LogP contribution < -0.4 is 5.56 Å². The van der Waals surface area contributed by atoms with Crippen LogP contribution in [0.25, 0.3) is 10.9 Å². The molecule has 166 valence electrons. The number of hydrogen-bond donors (Lipinski definition) is 0. The highest BCUT2D eigenvalue weighted by Crippen LogP contribution is 2.36. The molecule has 32 heavy (non-hydrogen) atoms. The van der Waals surface area contributed by atoms with Crippen molar-refractivity contribution in [1.82, 2.24) is 14.0 Å². The summed E-state index contributed by atoms with van der Waals surface area (Å²) in [5, 5.41) is 12.1. The van der Waals surface area contributed by atoms with Crippen molar-refractivity contribution in [2.75, 3.05) is 26.8 Å². The van der Waals surface area contributed by atoms with Gasteiger partial charge in [0.05, 0.1) is 11.5 Å². The normalized spacial score (nSPS) is 19.7. The van der Waals surface area contributed by atoms with Crippen LogP contribution in [0.1, 0.15) is 28.4 Å². The van der Waals surface area contributed by atoms with Gasteiger partial charge in [0.1, 0.15) is 0 Å². The van der Waals surface area contributed by atoms with Gasteiger partial charge in [-0.05, 0) is 36.6 Å². The maximum absolute atomic E-state index is 13.5. The zero-order valence-corrected chi connectivity index (χ0v) is 17.8. The van der Waals surface area contributed by atoms with Crippen molar-refractivity contribution in [3.8, 4) is 0 Å². The number of hydrogen-bond acceptors (Lipinski definition) is 5. The lowest BCUT2D eigenvalue weighted by Gasteiger charge is -2.42. The first-order valence-electron chi connectivity index (χ1n) is 10.7. The Balaban J connectivity index is 1.44. The van der Waals surface area contributed by atoms with E-state index >= 15 is 0 Å². The van der Waals surface area contributed by atoms with E-state index in [0.29, 0.717) is 38.3 Å². The molecule has 0 saturated carbocycles. The van der Waals surface area contributed by atoms with Gasteiger partial charge in [0.2, 0.25) is 0 Å². The van der Waals surface area contributed by atoms with E-state index in [1.807, 2.05) is 35.4 Å². The summed E-state index contributed by atoms with van der Waals surface area (Å²) in [6, 6.07) is 10.7. The van der Waals surface area contributed by atoms with E-state index in [2.05, 4.69) is 4.57 Å². The molecule has 3 aromatic rings. The zero-order valence-electron chi connectivity index (χ0n) is 17.8. The molecule has 9 nitrogen and oxygen atoms in total. The van der Waals surface area contributed by atoms with Gasteiger partial charge in [0.15, 0.2) is 0 Å². The number of benzene rings is 1. The molecule has 0 aliphatic carbocycles. The minimum absolute atomic E-state index is 0.00883. The van der Waals surface area contributed by atoms with E-state index in [4.69, 9.17) is 4.74 Å². The third-order valence-corrected chi connectivity index (χ3v) is 6.65. The second kappa shape index (κ2) is 7.90. The average molecular weight is 436 g/mol. The highest BCUT2D eigenvalue weighted by molar-refractivity contribution is 6.06. The van der Waals surface area contributed by atoms with E-state index < -0.39 is 16.2 Å². The fraction of sp³-hybridized carbons (Fsp3) is 0.391. The van der Waals surface area contributed by atoms with Crippen molar-refractivity contribution in [2.24, 2.45) is 5.92 Å². The van der Waals surface area contributed by atoms with Gasteiger partial charge in [-0.25, -0.2) is 0 Å². The van der Waals surface area contributed by atoms with E-state index in [-0.39, 0.29) is 17.7 Å². The summed E-state index contributed by atoms with van der Waals surface area (Å²) < 4.78 is 8.80. The Morgan fingerprint density at radius 1 is 1.19 bits per heavy atom. The van der Waals surface area contributed by atoms with Gasteiger partial charge in [-0.15, -0.1) is 0 Å². The highest BCUT2D eigenvalue weighted by Gasteiger charge is 2.38. The Labute approximate surface area is 184 Å². The summed E-state index contributed by atoms with van der Waals surface area (Å²) in [7, 11) is 1.66. The Bertz CT molecular complexity index is 1280. The Morgan fingerprint density at radius 2 is 2.03 bits per heavy atom. The molecule has 2 aliphatic heterocycles. The summed E-state index contributed by atoms with van der Waals surface area (Å²) in [6.07, 6.45) is 2.85. The molecule has 2 bridgehead atoms. The first kappa shape index (κ1) is 20.4. The predicted molar refractivity (Wildman–Crippen MR) is 118 cm³/mol. The molecule has 1 unspecified atom stereocenters. The fourth-order valence-corrected chi connectivity index (χ4v) is 5.20. The van der Waals surface area contributed by atoms with Crippen LogP contribution in [-0.2, 0) is 17.8 Å². The van der Waals surface area contributed by atoms with Crippen LogP contribution in [0.15, 0.2) is 47.4 Å². The number of piperidine rings is 1. The molecule has 0 N–H and O–H groups in total. The minimum Gasteiger partial charge on any atom is -0.383 e. The highest BCUT2D eigenvalue weighted by atomic mass is 16.6. The third kappa shape index (κ3) is 3.29. The molecule has 9 heteroatoms. The molecule has 1 saturated heterocycles. The molecule has 2 aromatic heterocycles. The molecule has 1 amide bonds. The maximum atomic E-state index is 13.5. The number of nitrogens with zero attached hydrogens (tertiary/aromatic N) is 4. The minimum atomic E-state index is -0.630. The number of carbonyl (C=O) groups is 1. The Morgan fingerprint density at radius 3 is 2.81 bits per heavy atom. The number of likely N-dealkylation sites (tertiary alicyclic amines) is 1. The van der Waals surface area contributed by atoms with Gasteiger partial charge < -0.3 is 18.8 Å². The van der Waals surface area contributed by atoms with Crippen LogP contribution in [0.2, 0.25) is 0 Å². The van der Waals surface area contributed by atoms with E-state index in [9.17, 15) is 19.7 Å². The smallest absolute Gasteiger partial charge is 0.334 e. The fourth-order valence-electron chi connectivity index (χ4n) is 5.20. The van der Waals surface area contributed by atoms with Crippen LogP contribution in [0.3, 0.4) is 0 Å². The van der Waals surface area contributed by atoms with Gasteiger partial charge in [-0.1, -0.05) is 6.07 Å². The molecular weight excluding hydrogens is 412 g/mol. The van der Waals surface area contributed by atoms with Gasteiger partial charge in [0, 0.05) is 73.6 Å². The van der Waals surface area contributed by atoms with Crippen molar-refractivity contribution < 1.29 is 14.5 Å². The monoisotopic (exact) mass is 436 g/mol. The second-order valence-electron chi connectivity index (χ2n) is 8.57. The lowest BCUT2D eigenvalue weighted by Crippen LogP contribution is -2.49. The van der Waals surface area contributed by atoms with E-state index in [1.165, 1.54) is 10.6 Å². The van der Waals surface area contributed by atoms with Crippen molar-refractivity contribution in [1.29, 1.82) is 0 Å². The summed E-state index contributed by atoms with van der Waals surface area (Å²) >= 11 is 0. The van der Waals surface area contributed by atoms with E-state index in [1.54, 1.807) is 13.2 Å².